The van der Waals surface area contributed by atoms with Crippen molar-refractivity contribution >= 4 is 5.97 Å². The van der Waals surface area contributed by atoms with E-state index in [1.54, 1.807) is 18.2 Å². The van der Waals surface area contributed by atoms with Crippen molar-refractivity contribution in [1.29, 1.82) is 0 Å². The number of aromatic hydroxyl groups is 1. The number of benzene rings is 1. The van der Waals surface area contributed by atoms with Gasteiger partial charge in [-0.2, -0.15) is 0 Å². The van der Waals surface area contributed by atoms with Crippen LogP contribution in [0.5, 0.6) is 5.75 Å². The first-order valence-electron chi connectivity index (χ1n) is 5.14. The summed E-state index contributed by atoms with van der Waals surface area (Å²) >= 11 is 0. The van der Waals surface area contributed by atoms with Crippen LogP contribution in [0, 0.1) is 0 Å². The average Bonchev–Trinajstić information content (AvgIpc) is 2.27. The van der Waals surface area contributed by atoms with Crippen molar-refractivity contribution in [2.45, 2.75) is 19.4 Å². The van der Waals surface area contributed by atoms with Crippen molar-refractivity contribution in [3.05, 3.63) is 29.8 Å². The molecule has 1 rings (SSSR count). The van der Waals surface area contributed by atoms with E-state index in [1.807, 2.05) is 13.0 Å². The lowest BCUT2D eigenvalue weighted by Gasteiger charge is -2.14. The van der Waals surface area contributed by atoms with Crippen molar-refractivity contribution in [3.8, 4) is 5.75 Å². The lowest BCUT2D eigenvalue weighted by molar-refractivity contribution is -0.153. The minimum Gasteiger partial charge on any atom is -0.508 e. The SMILES string of the molecule is CCOC(Cc1cccc(O)c1)C(=O)OC. The molecule has 1 N–H and O–H groups in total. The van der Waals surface area contributed by atoms with Crippen molar-refractivity contribution in [2.24, 2.45) is 0 Å². The zero-order chi connectivity index (χ0) is 12.0. The first-order valence-corrected chi connectivity index (χ1v) is 5.14. The van der Waals surface area contributed by atoms with Crippen molar-refractivity contribution in [3.63, 3.8) is 0 Å². The predicted octanol–water partition coefficient (Wildman–Crippen LogP) is 1.51. The number of rotatable bonds is 5. The Morgan fingerprint density at radius 2 is 2.25 bits per heavy atom. The topological polar surface area (TPSA) is 55.8 Å². The van der Waals surface area contributed by atoms with Gasteiger partial charge in [-0.1, -0.05) is 12.1 Å². The van der Waals surface area contributed by atoms with E-state index in [-0.39, 0.29) is 5.75 Å². The minimum atomic E-state index is -0.614. The molecule has 0 saturated carbocycles. The van der Waals surface area contributed by atoms with Crippen LogP contribution in [0.15, 0.2) is 24.3 Å². The molecule has 0 heterocycles. The molecule has 4 heteroatoms. The molecule has 0 aromatic heterocycles. The second-order valence-electron chi connectivity index (χ2n) is 3.34. The van der Waals surface area contributed by atoms with Gasteiger partial charge in [0, 0.05) is 13.0 Å². The summed E-state index contributed by atoms with van der Waals surface area (Å²) in [6, 6.07) is 6.74. The quantitative estimate of drug-likeness (QED) is 0.770. The second-order valence-corrected chi connectivity index (χ2v) is 3.34. The fourth-order valence-electron chi connectivity index (χ4n) is 1.44. The van der Waals surface area contributed by atoms with Gasteiger partial charge < -0.3 is 14.6 Å². The van der Waals surface area contributed by atoms with Gasteiger partial charge in [0.05, 0.1) is 7.11 Å². The van der Waals surface area contributed by atoms with Gasteiger partial charge in [0.2, 0.25) is 0 Å². The molecule has 0 bridgehead atoms. The van der Waals surface area contributed by atoms with E-state index in [9.17, 15) is 9.90 Å². The summed E-state index contributed by atoms with van der Waals surface area (Å²) < 4.78 is 9.92. The van der Waals surface area contributed by atoms with Crippen LogP contribution in [0.4, 0.5) is 0 Å². The number of ether oxygens (including phenoxy) is 2. The molecule has 1 aromatic carbocycles. The Balaban J connectivity index is 2.71. The highest BCUT2D eigenvalue weighted by atomic mass is 16.6. The Hall–Kier alpha value is -1.55. The molecule has 1 atom stereocenters. The Kier molecular flexibility index (Phi) is 4.79. The first kappa shape index (κ1) is 12.5. The van der Waals surface area contributed by atoms with Gasteiger partial charge in [-0.3, -0.25) is 0 Å². The summed E-state index contributed by atoms with van der Waals surface area (Å²) in [5.74, 6) is -0.220. The molecule has 4 nitrogen and oxygen atoms in total. The smallest absolute Gasteiger partial charge is 0.335 e. The normalized spacial score (nSPS) is 12.1. The van der Waals surface area contributed by atoms with Crippen molar-refractivity contribution in [1.82, 2.24) is 0 Å². The first-order chi connectivity index (χ1) is 7.67. The van der Waals surface area contributed by atoms with Gasteiger partial charge >= 0.3 is 5.97 Å². The number of esters is 1. The number of methoxy groups -OCH3 is 1. The van der Waals surface area contributed by atoms with E-state index in [4.69, 9.17) is 4.74 Å². The molecule has 0 radical (unpaired) electrons. The number of hydrogen-bond donors (Lipinski definition) is 1. The third kappa shape index (κ3) is 3.55. The molecule has 0 spiro atoms. The van der Waals surface area contributed by atoms with E-state index >= 15 is 0 Å². The van der Waals surface area contributed by atoms with Crippen LogP contribution in [0.25, 0.3) is 0 Å². The van der Waals surface area contributed by atoms with Gasteiger partial charge in [0.1, 0.15) is 5.75 Å². The highest BCUT2D eigenvalue weighted by Gasteiger charge is 2.19. The number of carbonyl (C=O) groups excluding carboxylic acids is 1. The van der Waals surface area contributed by atoms with Crippen molar-refractivity contribution < 1.29 is 19.4 Å². The van der Waals surface area contributed by atoms with Crippen LogP contribution in [0.2, 0.25) is 0 Å². The minimum absolute atomic E-state index is 0.178. The molecule has 0 saturated heterocycles. The lowest BCUT2D eigenvalue weighted by atomic mass is 10.1. The molecule has 0 aliphatic rings. The molecule has 0 aliphatic heterocycles. The molecule has 0 aliphatic carbocycles. The average molecular weight is 224 g/mol. The Morgan fingerprint density at radius 1 is 1.50 bits per heavy atom. The van der Waals surface area contributed by atoms with Gasteiger partial charge in [0.15, 0.2) is 6.10 Å². The lowest BCUT2D eigenvalue weighted by Crippen LogP contribution is -2.28. The van der Waals surface area contributed by atoms with E-state index in [0.29, 0.717) is 13.0 Å². The monoisotopic (exact) mass is 224 g/mol. The van der Waals surface area contributed by atoms with E-state index in [1.165, 1.54) is 7.11 Å². The maximum Gasteiger partial charge on any atom is 0.335 e. The summed E-state index contributed by atoms with van der Waals surface area (Å²) in [5, 5.41) is 9.29. The summed E-state index contributed by atoms with van der Waals surface area (Å²) in [4.78, 5) is 11.4. The predicted molar refractivity (Wildman–Crippen MR) is 59.2 cm³/mol. The third-order valence-electron chi connectivity index (χ3n) is 2.16. The van der Waals surface area contributed by atoms with Gasteiger partial charge in [-0.05, 0) is 24.6 Å². The summed E-state index contributed by atoms with van der Waals surface area (Å²) in [5.41, 5.74) is 0.837. The third-order valence-corrected chi connectivity index (χ3v) is 2.16. The van der Waals surface area contributed by atoms with Gasteiger partial charge in [-0.15, -0.1) is 0 Å². The van der Waals surface area contributed by atoms with Crippen molar-refractivity contribution in [2.75, 3.05) is 13.7 Å². The highest BCUT2D eigenvalue weighted by molar-refractivity contribution is 5.75. The molecule has 88 valence electrons. The number of hydrogen-bond acceptors (Lipinski definition) is 4. The Bertz CT molecular complexity index is 349. The maximum absolute atomic E-state index is 11.4. The highest BCUT2D eigenvalue weighted by Crippen LogP contribution is 2.14. The van der Waals surface area contributed by atoms with Crippen LogP contribution in [0.1, 0.15) is 12.5 Å². The van der Waals surface area contributed by atoms with Gasteiger partial charge in [0.25, 0.3) is 0 Å². The summed E-state index contributed by atoms with van der Waals surface area (Å²) in [6.45, 7) is 2.26. The van der Waals surface area contributed by atoms with Crippen LogP contribution < -0.4 is 0 Å². The maximum atomic E-state index is 11.4. The summed E-state index contributed by atoms with van der Waals surface area (Å²) in [6.07, 6.45) is -0.216. The number of phenolic OH excluding ortho intramolecular Hbond substituents is 1. The molecule has 1 aromatic rings. The standard InChI is InChI=1S/C12H16O4/c1-3-16-11(12(14)15-2)8-9-5-4-6-10(13)7-9/h4-7,11,13H,3,8H2,1-2H3. The number of phenols is 1. The zero-order valence-electron chi connectivity index (χ0n) is 9.47. The van der Waals surface area contributed by atoms with Crippen LogP contribution in [-0.4, -0.2) is 30.9 Å². The Morgan fingerprint density at radius 3 is 2.81 bits per heavy atom. The fourth-order valence-corrected chi connectivity index (χ4v) is 1.44. The summed E-state index contributed by atoms with van der Waals surface area (Å²) in [7, 11) is 1.33. The van der Waals surface area contributed by atoms with E-state index in [0.717, 1.165) is 5.56 Å². The number of carbonyl (C=O) groups is 1. The van der Waals surface area contributed by atoms with Gasteiger partial charge in [-0.25, -0.2) is 4.79 Å². The molecular weight excluding hydrogens is 208 g/mol. The molecule has 0 amide bonds. The molecule has 16 heavy (non-hydrogen) atoms. The second kappa shape index (κ2) is 6.12. The molecular formula is C12H16O4. The molecule has 0 fully saturated rings. The van der Waals surface area contributed by atoms with E-state index < -0.39 is 12.1 Å². The fraction of sp³-hybridized carbons (Fsp3) is 0.417. The van der Waals surface area contributed by atoms with Crippen LogP contribution in [-0.2, 0) is 20.7 Å². The molecule has 1 unspecified atom stereocenters. The zero-order valence-corrected chi connectivity index (χ0v) is 9.47. The Labute approximate surface area is 94.8 Å². The van der Waals surface area contributed by atoms with Crippen LogP contribution >= 0.6 is 0 Å². The van der Waals surface area contributed by atoms with Crippen LogP contribution in [0.3, 0.4) is 0 Å². The van der Waals surface area contributed by atoms with E-state index in [2.05, 4.69) is 4.74 Å². The largest absolute Gasteiger partial charge is 0.508 e.